The van der Waals surface area contributed by atoms with Crippen LogP contribution in [-0.2, 0) is 4.79 Å². The number of nitrogens with zero attached hydrogens (tertiary/aromatic N) is 1. The molecule has 0 saturated carbocycles. The Morgan fingerprint density at radius 1 is 1.17 bits per heavy atom. The minimum Gasteiger partial charge on any atom is -0.493 e. The third-order valence-corrected chi connectivity index (χ3v) is 4.22. The number of rotatable bonds is 8. The lowest BCUT2D eigenvalue weighted by atomic mass is 10.1. The number of benzene rings is 2. The summed E-state index contributed by atoms with van der Waals surface area (Å²) in [4.78, 5) is 25.6. The number of hydrogen-bond donors (Lipinski definition) is 1. The molecule has 0 saturated heterocycles. The predicted octanol–water partition coefficient (Wildman–Crippen LogP) is 4.49. The molecule has 6 nitrogen and oxygen atoms in total. The van der Waals surface area contributed by atoms with Gasteiger partial charge in [-0.1, -0.05) is 18.5 Å². The number of amides is 2. The Morgan fingerprint density at radius 2 is 1.86 bits per heavy atom. The van der Waals surface area contributed by atoms with Gasteiger partial charge in [0.2, 0.25) is 5.91 Å². The first-order chi connectivity index (χ1) is 13.8. The van der Waals surface area contributed by atoms with Gasteiger partial charge in [-0.05, 0) is 54.5 Å². The maximum Gasteiger partial charge on any atom is 0.253 e. The van der Waals surface area contributed by atoms with Crippen molar-refractivity contribution in [2.75, 3.05) is 33.1 Å². The van der Waals surface area contributed by atoms with Gasteiger partial charge in [0.25, 0.3) is 5.91 Å². The van der Waals surface area contributed by atoms with Gasteiger partial charge in [0.05, 0.1) is 18.7 Å². The van der Waals surface area contributed by atoms with Gasteiger partial charge in [-0.2, -0.15) is 0 Å². The highest BCUT2D eigenvalue weighted by atomic mass is 35.5. The number of ether oxygens (including phenoxy) is 2. The second-order valence-electron chi connectivity index (χ2n) is 6.48. The predicted molar refractivity (Wildman–Crippen MR) is 116 cm³/mol. The Hall–Kier alpha value is -2.99. The number of halogens is 1. The van der Waals surface area contributed by atoms with Crippen LogP contribution in [0.15, 0.2) is 42.5 Å². The van der Waals surface area contributed by atoms with E-state index in [1.165, 1.54) is 18.1 Å². The van der Waals surface area contributed by atoms with E-state index in [1.54, 1.807) is 56.6 Å². The van der Waals surface area contributed by atoms with Crippen LogP contribution in [0.3, 0.4) is 0 Å². The summed E-state index contributed by atoms with van der Waals surface area (Å²) in [7, 11) is 4.91. The quantitative estimate of drug-likeness (QED) is 0.644. The van der Waals surface area contributed by atoms with Crippen molar-refractivity contribution in [3.63, 3.8) is 0 Å². The third-order valence-electron chi connectivity index (χ3n) is 3.94. The number of nitrogens with one attached hydrogen (secondary N) is 1. The lowest BCUT2D eigenvalue weighted by molar-refractivity contribution is -0.111. The van der Waals surface area contributed by atoms with Gasteiger partial charge in [0.15, 0.2) is 11.5 Å². The Morgan fingerprint density at radius 3 is 2.45 bits per heavy atom. The van der Waals surface area contributed by atoms with Crippen LogP contribution < -0.4 is 14.8 Å². The van der Waals surface area contributed by atoms with Crippen molar-refractivity contribution in [3.05, 3.63) is 58.6 Å². The van der Waals surface area contributed by atoms with E-state index in [1.807, 2.05) is 6.92 Å². The van der Waals surface area contributed by atoms with E-state index < -0.39 is 0 Å². The van der Waals surface area contributed by atoms with E-state index >= 15 is 0 Å². The molecule has 0 spiro atoms. The summed E-state index contributed by atoms with van der Waals surface area (Å²) in [5.41, 5.74) is 1.85. The Balaban J connectivity index is 2.07. The van der Waals surface area contributed by atoms with Gasteiger partial charge in [0.1, 0.15) is 0 Å². The average Bonchev–Trinajstić information content (AvgIpc) is 2.71. The normalized spacial score (nSPS) is 10.7. The Bertz CT molecular complexity index is 892. The minimum absolute atomic E-state index is 0.0973. The zero-order valence-electron chi connectivity index (χ0n) is 17.0. The molecule has 0 aliphatic heterocycles. The maximum absolute atomic E-state index is 12.2. The Kier molecular flexibility index (Phi) is 8.09. The first kappa shape index (κ1) is 22.3. The standard InChI is InChI=1S/C22H25ClN2O4/c1-5-12-29-21-18(23)13-15(14-19(21)28-4)6-11-20(26)24-17-9-7-16(8-10-17)22(27)25(2)3/h6-11,13-14H,5,12H2,1-4H3,(H,24,26)/b11-6+. The Labute approximate surface area is 176 Å². The number of hydrogen-bond acceptors (Lipinski definition) is 4. The number of methoxy groups -OCH3 is 1. The molecule has 29 heavy (non-hydrogen) atoms. The average molecular weight is 417 g/mol. The van der Waals surface area contributed by atoms with Crippen LogP contribution in [0.25, 0.3) is 6.08 Å². The molecule has 2 amide bonds. The molecule has 7 heteroatoms. The van der Waals surface area contributed by atoms with Gasteiger partial charge in [-0.25, -0.2) is 0 Å². The van der Waals surface area contributed by atoms with Crippen LogP contribution in [0, 0.1) is 0 Å². The highest BCUT2D eigenvalue weighted by molar-refractivity contribution is 6.32. The number of carbonyl (C=O) groups is 2. The van der Waals surface area contributed by atoms with Crippen molar-refractivity contribution in [2.45, 2.75) is 13.3 Å². The van der Waals surface area contributed by atoms with Crippen molar-refractivity contribution in [3.8, 4) is 11.5 Å². The second-order valence-corrected chi connectivity index (χ2v) is 6.89. The van der Waals surface area contributed by atoms with Crippen molar-refractivity contribution in [1.82, 2.24) is 4.90 Å². The fraction of sp³-hybridized carbons (Fsp3) is 0.273. The summed E-state index contributed by atoms with van der Waals surface area (Å²) >= 11 is 6.29. The summed E-state index contributed by atoms with van der Waals surface area (Å²) < 4.78 is 11.0. The molecule has 2 rings (SSSR count). The molecule has 0 aliphatic carbocycles. The molecule has 2 aromatic carbocycles. The highest BCUT2D eigenvalue weighted by Crippen LogP contribution is 2.36. The molecule has 0 atom stereocenters. The molecule has 0 unspecified atom stereocenters. The van der Waals surface area contributed by atoms with Gasteiger partial charge in [-0.15, -0.1) is 0 Å². The fourth-order valence-corrected chi connectivity index (χ4v) is 2.76. The van der Waals surface area contributed by atoms with E-state index in [0.29, 0.717) is 39.9 Å². The first-order valence-corrected chi connectivity index (χ1v) is 9.54. The zero-order chi connectivity index (χ0) is 21.4. The zero-order valence-corrected chi connectivity index (χ0v) is 17.7. The summed E-state index contributed by atoms with van der Waals surface area (Å²) in [6.45, 7) is 2.54. The molecule has 0 fully saturated rings. The third kappa shape index (κ3) is 6.26. The molecule has 1 N–H and O–H groups in total. The summed E-state index contributed by atoms with van der Waals surface area (Å²) in [6.07, 6.45) is 3.89. The lowest BCUT2D eigenvalue weighted by Gasteiger charge is -2.12. The van der Waals surface area contributed by atoms with Crippen LogP contribution in [0.2, 0.25) is 5.02 Å². The molecule has 0 radical (unpaired) electrons. The van der Waals surface area contributed by atoms with Crippen molar-refractivity contribution >= 4 is 35.2 Å². The SMILES string of the molecule is CCCOc1c(Cl)cc(/C=C/C(=O)Nc2ccc(C(=O)N(C)C)cc2)cc1OC. The molecule has 2 aromatic rings. The summed E-state index contributed by atoms with van der Waals surface area (Å²) in [5, 5.41) is 3.17. The van der Waals surface area contributed by atoms with Gasteiger partial charge < -0.3 is 19.7 Å². The first-order valence-electron chi connectivity index (χ1n) is 9.16. The molecule has 0 aromatic heterocycles. The molecule has 0 heterocycles. The maximum atomic E-state index is 12.2. The van der Waals surface area contributed by atoms with Crippen LogP contribution in [0.4, 0.5) is 5.69 Å². The molecular formula is C22H25ClN2O4. The summed E-state index contributed by atoms with van der Waals surface area (Å²) in [5.74, 6) is 0.593. The van der Waals surface area contributed by atoms with E-state index in [4.69, 9.17) is 21.1 Å². The monoisotopic (exact) mass is 416 g/mol. The molecular weight excluding hydrogens is 392 g/mol. The highest BCUT2D eigenvalue weighted by Gasteiger charge is 2.11. The molecule has 154 valence electrons. The van der Waals surface area contributed by atoms with E-state index in [-0.39, 0.29) is 11.8 Å². The van der Waals surface area contributed by atoms with E-state index in [2.05, 4.69) is 5.32 Å². The van der Waals surface area contributed by atoms with Crippen molar-refractivity contribution in [2.24, 2.45) is 0 Å². The lowest BCUT2D eigenvalue weighted by Crippen LogP contribution is -2.21. The van der Waals surface area contributed by atoms with E-state index in [9.17, 15) is 9.59 Å². The molecule has 0 aliphatic rings. The van der Waals surface area contributed by atoms with Crippen molar-refractivity contribution < 1.29 is 19.1 Å². The number of anilines is 1. The largest absolute Gasteiger partial charge is 0.493 e. The fourth-order valence-electron chi connectivity index (χ4n) is 2.49. The van der Waals surface area contributed by atoms with Crippen LogP contribution in [0.5, 0.6) is 11.5 Å². The number of carbonyl (C=O) groups excluding carboxylic acids is 2. The van der Waals surface area contributed by atoms with Crippen LogP contribution >= 0.6 is 11.6 Å². The van der Waals surface area contributed by atoms with Gasteiger partial charge in [0, 0.05) is 31.4 Å². The van der Waals surface area contributed by atoms with Gasteiger partial charge >= 0.3 is 0 Å². The smallest absolute Gasteiger partial charge is 0.253 e. The minimum atomic E-state index is -0.307. The van der Waals surface area contributed by atoms with Crippen LogP contribution in [0.1, 0.15) is 29.3 Å². The van der Waals surface area contributed by atoms with Crippen LogP contribution in [-0.4, -0.2) is 44.5 Å². The van der Waals surface area contributed by atoms with Gasteiger partial charge in [-0.3, -0.25) is 9.59 Å². The second kappa shape index (κ2) is 10.5. The topological polar surface area (TPSA) is 67.9 Å². The molecule has 0 bridgehead atoms. The van der Waals surface area contributed by atoms with E-state index in [0.717, 1.165) is 6.42 Å². The van der Waals surface area contributed by atoms with Crippen molar-refractivity contribution in [1.29, 1.82) is 0 Å². The summed E-state index contributed by atoms with van der Waals surface area (Å²) in [6, 6.07) is 10.2.